The summed E-state index contributed by atoms with van der Waals surface area (Å²) in [4.78, 5) is 2.15. The van der Waals surface area contributed by atoms with Crippen molar-refractivity contribution in [3.8, 4) is 6.07 Å². The van der Waals surface area contributed by atoms with Crippen LogP contribution in [0.3, 0.4) is 0 Å². The Labute approximate surface area is 102 Å². The number of nitrogens with zero attached hydrogens (tertiary/aromatic N) is 2. The quantitative estimate of drug-likeness (QED) is 0.845. The Morgan fingerprint density at radius 2 is 2.12 bits per heavy atom. The predicted octanol–water partition coefficient (Wildman–Crippen LogP) is 2.02. The van der Waals surface area contributed by atoms with E-state index in [-0.39, 0.29) is 12.1 Å². The Morgan fingerprint density at radius 3 is 2.71 bits per heavy atom. The highest BCUT2D eigenvalue weighted by Crippen LogP contribution is 2.24. The summed E-state index contributed by atoms with van der Waals surface area (Å²) in [5.41, 5.74) is 2.24. The van der Waals surface area contributed by atoms with E-state index in [0.29, 0.717) is 0 Å². The number of aryl methyl sites for hydroxylation is 1. The van der Waals surface area contributed by atoms with Crippen molar-refractivity contribution in [2.45, 2.75) is 31.9 Å². The van der Waals surface area contributed by atoms with Gasteiger partial charge in [-0.2, -0.15) is 5.26 Å². The summed E-state index contributed by atoms with van der Waals surface area (Å²) in [6.45, 7) is 3.64. The molecule has 0 aliphatic carbocycles. The van der Waals surface area contributed by atoms with Gasteiger partial charge in [0, 0.05) is 13.1 Å². The van der Waals surface area contributed by atoms with Crippen LogP contribution in [0, 0.1) is 18.3 Å². The molecule has 3 heteroatoms. The lowest BCUT2D eigenvalue weighted by molar-refractivity contribution is 0.0716. The number of aliphatic hydroxyl groups excluding tert-OH is 1. The molecule has 0 radical (unpaired) electrons. The zero-order valence-corrected chi connectivity index (χ0v) is 10.1. The molecule has 1 aromatic rings. The fraction of sp³-hybridized carbons (Fsp3) is 0.500. The summed E-state index contributed by atoms with van der Waals surface area (Å²) in [6.07, 6.45) is 1.34. The van der Waals surface area contributed by atoms with E-state index in [1.807, 2.05) is 25.1 Å². The van der Waals surface area contributed by atoms with Crippen molar-refractivity contribution in [1.82, 2.24) is 4.90 Å². The topological polar surface area (TPSA) is 47.3 Å². The predicted molar refractivity (Wildman–Crippen MR) is 66.3 cm³/mol. The lowest BCUT2D eigenvalue weighted by Crippen LogP contribution is -2.38. The molecule has 1 unspecified atom stereocenters. The van der Waals surface area contributed by atoms with Crippen molar-refractivity contribution in [3.05, 3.63) is 35.4 Å². The number of nitriles is 1. The van der Waals surface area contributed by atoms with E-state index in [1.165, 1.54) is 5.56 Å². The third-order valence-electron chi connectivity index (χ3n) is 3.34. The van der Waals surface area contributed by atoms with Gasteiger partial charge >= 0.3 is 0 Å². The van der Waals surface area contributed by atoms with Gasteiger partial charge < -0.3 is 5.11 Å². The van der Waals surface area contributed by atoms with E-state index < -0.39 is 0 Å². The first-order valence-corrected chi connectivity index (χ1v) is 6.09. The molecule has 17 heavy (non-hydrogen) atoms. The zero-order chi connectivity index (χ0) is 12.3. The molecule has 1 aromatic carbocycles. The maximum Gasteiger partial charge on any atom is 0.123 e. The van der Waals surface area contributed by atoms with Crippen LogP contribution >= 0.6 is 0 Å². The van der Waals surface area contributed by atoms with Gasteiger partial charge in [0.2, 0.25) is 0 Å². The molecule has 0 spiro atoms. The fourth-order valence-corrected chi connectivity index (χ4v) is 2.35. The molecule has 1 aliphatic heterocycles. The van der Waals surface area contributed by atoms with Crippen LogP contribution in [-0.4, -0.2) is 29.2 Å². The number of aliphatic hydroxyl groups is 1. The van der Waals surface area contributed by atoms with Gasteiger partial charge in [-0.05, 0) is 25.3 Å². The largest absolute Gasteiger partial charge is 0.393 e. The van der Waals surface area contributed by atoms with Gasteiger partial charge in [-0.15, -0.1) is 0 Å². The minimum absolute atomic E-state index is 0.178. The average molecular weight is 230 g/mol. The Kier molecular flexibility index (Phi) is 3.78. The monoisotopic (exact) mass is 230 g/mol. The van der Waals surface area contributed by atoms with Gasteiger partial charge in [-0.3, -0.25) is 4.90 Å². The van der Waals surface area contributed by atoms with Crippen LogP contribution in [0.25, 0.3) is 0 Å². The van der Waals surface area contributed by atoms with Crippen molar-refractivity contribution >= 4 is 0 Å². The maximum absolute atomic E-state index is 9.49. The summed E-state index contributed by atoms with van der Waals surface area (Å²) < 4.78 is 0. The van der Waals surface area contributed by atoms with Gasteiger partial charge in [0.15, 0.2) is 0 Å². The fourth-order valence-electron chi connectivity index (χ4n) is 2.35. The smallest absolute Gasteiger partial charge is 0.123 e. The third kappa shape index (κ3) is 2.85. The summed E-state index contributed by atoms with van der Waals surface area (Å²) in [5, 5.41) is 18.8. The molecule has 0 saturated carbocycles. The van der Waals surface area contributed by atoms with Crippen LogP contribution in [0.2, 0.25) is 0 Å². The first-order valence-electron chi connectivity index (χ1n) is 6.09. The van der Waals surface area contributed by atoms with E-state index in [9.17, 15) is 10.4 Å². The number of hydrogen-bond acceptors (Lipinski definition) is 3. The lowest BCUT2D eigenvalue weighted by Gasteiger charge is -2.33. The summed E-state index contributed by atoms with van der Waals surface area (Å²) >= 11 is 0. The van der Waals surface area contributed by atoms with E-state index in [1.54, 1.807) is 0 Å². The van der Waals surface area contributed by atoms with Gasteiger partial charge in [0.25, 0.3) is 0 Å². The molecule has 1 atom stereocenters. The summed E-state index contributed by atoms with van der Waals surface area (Å²) in [6, 6.07) is 10.3. The van der Waals surface area contributed by atoms with Crippen LogP contribution < -0.4 is 0 Å². The minimum Gasteiger partial charge on any atom is -0.393 e. The number of hydrogen-bond donors (Lipinski definition) is 1. The molecule has 1 N–H and O–H groups in total. The molecule has 90 valence electrons. The van der Waals surface area contributed by atoms with Crippen LogP contribution in [-0.2, 0) is 0 Å². The molecule has 2 rings (SSSR count). The zero-order valence-electron chi connectivity index (χ0n) is 10.1. The van der Waals surface area contributed by atoms with Crippen LogP contribution in [0.1, 0.15) is 30.0 Å². The molecule has 0 amide bonds. The van der Waals surface area contributed by atoms with Gasteiger partial charge in [0.05, 0.1) is 12.2 Å². The first-order chi connectivity index (χ1) is 8.20. The van der Waals surface area contributed by atoms with Crippen molar-refractivity contribution < 1.29 is 5.11 Å². The highest BCUT2D eigenvalue weighted by molar-refractivity contribution is 5.28. The number of benzene rings is 1. The first kappa shape index (κ1) is 12.1. The third-order valence-corrected chi connectivity index (χ3v) is 3.34. The summed E-state index contributed by atoms with van der Waals surface area (Å²) in [7, 11) is 0. The molecule has 1 heterocycles. The Morgan fingerprint density at radius 1 is 1.41 bits per heavy atom. The molecule has 1 aliphatic rings. The SMILES string of the molecule is Cc1cccc(C(C#N)N2CCC(O)CC2)c1. The Hall–Kier alpha value is -1.37. The van der Waals surface area contributed by atoms with E-state index in [4.69, 9.17) is 0 Å². The van der Waals surface area contributed by atoms with E-state index in [0.717, 1.165) is 31.5 Å². The van der Waals surface area contributed by atoms with E-state index in [2.05, 4.69) is 17.0 Å². The Bertz CT molecular complexity index is 416. The second-order valence-corrected chi connectivity index (χ2v) is 4.71. The molecule has 3 nitrogen and oxygen atoms in total. The molecule has 1 fully saturated rings. The second-order valence-electron chi connectivity index (χ2n) is 4.71. The molecule has 1 saturated heterocycles. The van der Waals surface area contributed by atoms with Crippen molar-refractivity contribution in [2.75, 3.05) is 13.1 Å². The Balaban J connectivity index is 2.14. The van der Waals surface area contributed by atoms with Crippen LogP contribution in [0.5, 0.6) is 0 Å². The second kappa shape index (κ2) is 5.31. The standard InChI is InChI=1S/C14H18N2O/c1-11-3-2-4-12(9-11)14(10-15)16-7-5-13(17)6-8-16/h2-4,9,13-14,17H,5-8H2,1H3. The van der Waals surface area contributed by atoms with Crippen LogP contribution in [0.4, 0.5) is 0 Å². The van der Waals surface area contributed by atoms with Crippen LogP contribution in [0.15, 0.2) is 24.3 Å². The molecule has 0 aromatic heterocycles. The summed E-state index contributed by atoms with van der Waals surface area (Å²) in [5.74, 6) is 0. The van der Waals surface area contributed by atoms with Gasteiger partial charge in [-0.25, -0.2) is 0 Å². The normalized spacial score (nSPS) is 19.8. The van der Waals surface area contributed by atoms with Crippen molar-refractivity contribution in [3.63, 3.8) is 0 Å². The average Bonchev–Trinajstić information content (AvgIpc) is 2.33. The molecule has 0 bridgehead atoms. The van der Waals surface area contributed by atoms with Crippen molar-refractivity contribution in [2.24, 2.45) is 0 Å². The maximum atomic E-state index is 9.49. The molecular formula is C14H18N2O. The van der Waals surface area contributed by atoms with Crippen molar-refractivity contribution in [1.29, 1.82) is 5.26 Å². The van der Waals surface area contributed by atoms with Gasteiger partial charge in [-0.1, -0.05) is 29.8 Å². The van der Waals surface area contributed by atoms with Gasteiger partial charge in [0.1, 0.15) is 6.04 Å². The lowest BCUT2D eigenvalue weighted by atomic mass is 10.0. The molecular weight excluding hydrogens is 212 g/mol. The number of rotatable bonds is 2. The number of piperidine rings is 1. The number of likely N-dealkylation sites (tertiary alicyclic amines) is 1. The highest BCUT2D eigenvalue weighted by atomic mass is 16.3. The minimum atomic E-state index is -0.192. The van der Waals surface area contributed by atoms with E-state index >= 15 is 0 Å². The highest BCUT2D eigenvalue weighted by Gasteiger charge is 2.24.